The summed E-state index contributed by atoms with van der Waals surface area (Å²) in [7, 11) is 0. The van der Waals surface area contributed by atoms with Crippen molar-refractivity contribution < 1.29 is 4.92 Å². The van der Waals surface area contributed by atoms with Crippen LogP contribution in [0.15, 0.2) is 24.4 Å². The summed E-state index contributed by atoms with van der Waals surface area (Å²) in [6.07, 6.45) is 1.87. The van der Waals surface area contributed by atoms with E-state index in [2.05, 4.69) is 15.0 Å². The lowest BCUT2D eigenvalue weighted by molar-refractivity contribution is -0.386. The third-order valence-corrected chi connectivity index (χ3v) is 2.53. The van der Waals surface area contributed by atoms with Gasteiger partial charge in [-0.25, -0.2) is 9.97 Å². The molecular weight excluding hydrogens is 256 g/mol. The molecule has 2 rings (SSSR count). The van der Waals surface area contributed by atoms with E-state index in [-0.39, 0.29) is 28.8 Å². The third kappa shape index (κ3) is 2.60. The van der Waals surface area contributed by atoms with Gasteiger partial charge in [0.25, 0.3) is 0 Å². The van der Waals surface area contributed by atoms with E-state index in [0.717, 1.165) is 0 Å². The van der Waals surface area contributed by atoms with E-state index in [1.165, 1.54) is 6.92 Å². The first kappa shape index (κ1) is 12.4. The minimum Gasteiger partial charge on any atom is -0.261 e. The van der Waals surface area contributed by atoms with E-state index in [9.17, 15) is 10.1 Å². The van der Waals surface area contributed by atoms with Gasteiger partial charge in [0, 0.05) is 18.3 Å². The van der Waals surface area contributed by atoms with E-state index in [1.807, 2.05) is 6.07 Å². The first-order valence-corrected chi connectivity index (χ1v) is 5.53. The number of nitro groups is 1. The maximum absolute atomic E-state index is 11.0. The van der Waals surface area contributed by atoms with Crippen molar-refractivity contribution in [3.05, 3.63) is 56.9 Å². The number of pyridine rings is 1. The van der Waals surface area contributed by atoms with Crippen molar-refractivity contribution in [2.45, 2.75) is 13.3 Å². The Hall–Kier alpha value is -2.08. The number of hydrogen-bond donors (Lipinski definition) is 0. The molecule has 0 N–H and O–H groups in total. The lowest BCUT2D eigenvalue weighted by Gasteiger charge is -2.04. The zero-order chi connectivity index (χ0) is 13.1. The number of nitrogens with zero attached hydrogens (tertiary/aromatic N) is 4. The highest BCUT2D eigenvalue weighted by molar-refractivity contribution is 6.28. The Bertz CT molecular complexity index is 589. The van der Waals surface area contributed by atoms with E-state index < -0.39 is 4.92 Å². The van der Waals surface area contributed by atoms with Gasteiger partial charge in [0.15, 0.2) is 0 Å². The largest absolute Gasteiger partial charge is 0.312 e. The summed E-state index contributed by atoms with van der Waals surface area (Å²) in [5, 5.41) is 11.0. The van der Waals surface area contributed by atoms with Crippen LogP contribution in [0.4, 0.5) is 5.69 Å². The molecule has 0 aliphatic carbocycles. The molecule has 0 bridgehead atoms. The van der Waals surface area contributed by atoms with Gasteiger partial charge >= 0.3 is 5.69 Å². The summed E-state index contributed by atoms with van der Waals surface area (Å²) in [5.41, 5.74) is 1.11. The van der Waals surface area contributed by atoms with Crippen molar-refractivity contribution in [1.29, 1.82) is 0 Å². The van der Waals surface area contributed by atoms with E-state index in [1.54, 1.807) is 18.3 Å². The van der Waals surface area contributed by atoms with Crippen LogP contribution in [0, 0.1) is 17.0 Å². The predicted molar refractivity (Wildman–Crippen MR) is 65.5 cm³/mol. The average Bonchev–Trinajstić information content (AvgIpc) is 2.28. The van der Waals surface area contributed by atoms with Gasteiger partial charge in [-0.2, -0.15) is 0 Å². The highest BCUT2D eigenvalue weighted by atomic mass is 35.5. The first-order chi connectivity index (χ1) is 8.58. The van der Waals surface area contributed by atoms with Crippen LogP contribution in [-0.4, -0.2) is 19.9 Å². The van der Waals surface area contributed by atoms with Crippen LogP contribution in [0.25, 0.3) is 0 Å². The van der Waals surface area contributed by atoms with Gasteiger partial charge in [0.05, 0.1) is 4.92 Å². The molecule has 0 saturated heterocycles. The standard InChI is InChI=1S/C11H9ClN4O2/c1-7-10(16(17)18)9(15-11(12)14-7)6-8-4-2-3-5-13-8/h2-5H,6H2,1H3. The Morgan fingerprint density at radius 2 is 2.17 bits per heavy atom. The number of aryl methyl sites for hydroxylation is 1. The molecule has 0 aliphatic rings. The van der Waals surface area contributed by atoms with Crippen molar-refractivity contribution in [3.8, 4) is 0 Å². The summed E-state index contributed by atoms with van der Waals surface area (Å²) in [4.78, 5) is 22.3. The molecule has 0 saturated carbocycles. The van der Waals surface area contributed by atoms with E-state index >= 15 is 0 Å². The van der Waals surface area contributed by atoms with Gasteiger partial charge in [-0.05, 0) is 30.7 Å². The summed E-state index contributed by atoms with van der Waals surface area (Å²) < 4.78 is 0. The second-order valence-electron chi connectivity index (χ2n) is 3.63. The topological polar surface area (TPSA) is 81.8 Å². The molecule has 6 nitrogen and oxygen atoms in total. The smallest absolute Gasteiger partial charge is 0.261 e. The maximum Gasteiger partial charge on any atom is 0.312 e. The molecule has 0 atom stereocenters. The number of aromatic nitrogens is 3. The van der Waals surface area contributed by atoms with Crippen molar-refractivity contribution in [1.82, 2.24) is 15.0 Å². The molecular formula is C11H9ClN4O2. The molecule has 0 unspecified atom stereocenters. The number of halogens is 1. The van der Waals surface area contributed by atoms with Crippen LogP contribution in [0.2, 0.25) is 5.28 Å². The fourth-order valence-corrected chi connectivity index (χ4v) is 1.85. The van der Waals surface area contributed by atoms with Crippen molar-refractivity contribution in [3.63, 3.8) is 0 Å². The molecule has 92 valence electrons. The highest BCUT2D eigenvalue weighted by Crippen LogP contribution is 2.23. The molecule has 2 heterocycles. The Labute approximate surface area is 108 Å². The fraction of sp³-hybridized carbons (Fsp3) is 0.182. The predicted octanol–water partition coefficient (Wildman–Crippen LogP) is 2.33. The quantitative estimate of drug-likeness (QED) is 0.483. The van der Waals surface area contributed by atoms with Gasteiger partial charge in [-0.1, -0.05) is 6.07 Å². The zero-order valence-electron chi connectivity index (χ0n) is 9.50. The number of hydrogen-bond acceptors (Lipinski definition) is 5. The highest BCUT2D eigenvalue weighted by Gasteiger charge is 2.21. The van der Waals surface area contributed by atoms with Crippen LogP contribution in [0.1, 0.15) is 17.1 Å². The molecule has 0 aliphatic heterocycles. The van der Waals surface area contributed by atoms with Gasteiger partial charge in [-0.3, -0.25) is 15.1 Å². The monoisotopic (exact) mass is 264 g/mol. The lowest BCUT2D eigenvalue weighted by atomic mass is 10.1. The van der Waals surface area contributed by atoms with E-state index in [4.69, 9.17) is 11.6 Å². The van der Waals surface area contributed by atoms with Crippen LogP contribution >= 0.6 is 11.6 Å². The van der Waals surface area contributed by atoms with Crippen LogP contribution < -0.4 is 0 Å². The van der Waals surface area contributed by atoms with Crippen LogP contribution in [-0.2, 0) is 6.42 Å². The summed E-state index contributed by atoms with van der Waals surface area (Å²) in [6.45, 7) is 1.54. The van der Waals surface area contributed by atoms with E-state index in [0.29, 0.717) is 5.69 Å². The molecule has 18 heavy (non-hydrogen) atoms. The fourth-order valence-electron chi connectivity index (χ4n) is 1.62. The van der Waals surface area contributed by atoms with Gasteiger partial charge in [0.1, 0.15) is 11.4 Å². The Balaban J connectivity index is 2.46. The Morgan fingerprint density at radius 3 is 2.78 bits per heavy atom. The first-order valence-electron chi connectivity index (χ1n) is 5.15. The third-order valence-electron chi connectivity index (χ3n) is 2.36. The SMILES string of the molecule is Cc1nc(Cl)nc(Cc2ccccn2)c1[N+](=O)[O-]. The normalized spacial score (nSPS) is 10.3. The summed E-state index contributed by atoms with van der Waals surface area (Å²) in [6, 6.07) is 5.36. The molecule has 0 fully saturated rings. The molecule has 0 aromatic carbocycles. The van der Waals surface area contributed by atoms with Gasteiger partial charge in [-0.15, -0.1) is 0 Å². The summed E-state index contributed by atoms with van der Waals surface area (Å²) in [5.74, 6) is 0. The molecule has 0 amide bonds. The molecule has 2 aromatic heterocycles. The Morgan fingerprint density at radius 1 is 1.39 bits per heavy atom. The second-order valence-corrected chi connectivity index (χ2v) is 3.97. The molecule has 0 radical (unpaired) electrons. The van der Waals surface area contributed by atoms with Gasteiger partial charge < -0.3 is 0 Å². The summed E-state index contributed by atoms with van der Waals surface area (Å²) >= 11 is 5.73. The molecule has 7 heteroatoms. The maximum atomic E-state index is 11.0. The minimum atomic E-state index is -0.496. The van der Waals surface area contributed by atoms with Crippen molar-refractivity contribution in [2.24, 2.45) is 0 Å². The molecule has 2 aromatic rings. The zero-order valence-corrected chi connectivity index (χ0v) is 10.3. The van der Waals surface area contributed by atoms with Crippen LogP contribution in [0.3, 0.4) is 0 Å². The average molecular weight is 265 g/mol. The number of rotatable bonds is 3. The second kappa shape index (κ2) is 5.05. The Kier molecular flexibility index (Phi) is 3.47. The minimum absolute atomic E-state index is 0.00373. The van der Waals surface area contributed by atoms with Gasteiger partial charge in [0.2, 0.25) is 5.28 Å². The lowest BCUT2D eigenvalue weighted by Crippen LogP contribution is -2.05. The van der Waals surface area contributed by atoms with Crippen molar-refractivity contribution in [2.75, 3.05) is 0 Å². The van der Waals surface area contributed by atoms with Crippen molar-refractivity contribution >= 4 is 17.3 Å². The van der Waals surface area contributed by atoms with Crippen LogP contribution in [0.5, 0.6) is 0 Å². The molecule has 0 spiro atoms.